The molecule has 6 nitrogen and oxygen atoms in total. The summed E-state index contributed by atoms with van der Waals surface area (Å²) in [5, 5.41) is 14.9. The van der Waals surface area contributed by atoms with Crippen molar-refractivity contribution in [1.82, 2.24) is 15.2 Å². The van der Waals surface area contributed by atoms with Crippen molar-refractivity contribution in [2.24, 2.45) is 5.92 Å². The molecular formula is C14H21N3O3S. The Kier molecular flexibility index (Phi) is 5.17. The van der Waals surface area contributed by atoms with E-state index < -0.39 is 11.9 Å². The van der Waals surface area contributed by atoms with Crippen molar-refractivity contribution in [2.75, 3.05) is 13.1 Å². The SMILES string of the molecule is CCC(NC(=O)N1CCCC(C(=O)O)C1)c1nc(C)cs1. The van der Waals surface area contributed by atoms with Crippen LogP contribution in [0.2, 0.25) is 0 Å². The number of likely N-dealkylation sites (tertiary alicyclic amines) is 1. The third kappa shape index (κ3) is 3.93. The average molecular weight is 311 g/mol. The van der Waals surface area contributed by atoms with Gasteiger partial charge in [-0.1, -0.05) is 6.92 Å². The van der Waals surface area contributed by atoms with E-state index in [1.165, 1.54) is 11.3 Å². The molecule has 1 aromatic heterocycles. The first-order chi connectivity index (χ1) is 10.0. The molecule has 0 spiro atoms. The largest absolute Gasteiger partial charge is 0.481 e. The van der Waals surface area contributed by atoms with Crippen LogP contribution in [0.1, 0.15) is 42.9 Å². The second-order valence-corrected chi connectivity index (χ2v) is 6.25. The van der Waals surface area contributed by atoms with Gasteiger partial charge in [-0.3, -0.25) is 4.79 Å². The van der Waals surface area contributed by atoms with Gasteiger partial charge in [0.05, 0.1) is 12.0 Å². The van der Waals surface area contributed by atoms with E-state index in [1.54, 1.807) is 4.90 Å². The van der Waals surface area contributed by atoms with E-state index in [1.807, 2.05) is 19.2 Å². The molecule has 2 amide bonds. The number of hydrogen-bond donors (Lipinski definition) is 2. The molecule has 2 N–H and O–H groups in total. The molecule has 2 heterocycles. The van der Waals surface area contributed by atoms with E-state index in [0.717, 1.165) is 23.5 Å². The van der Waals surface area contributed by atoms with Crippen LogP contribution in [0.25, 0.3) is 0 Å². The van der Waals surface area contributed by atoms with Gasteiger partial charge in [0, 0.05) is 24.2 Å². The quantitative estimate of drug-likeness (QED) is 0.894. The summed E-state index contributed by atoms with van der Waals surface area (Å²) in [6, 6.07) is -0.304. The van der Waals surface area contributed by atoms with Crippen LogP contribution in [0.5, 0.6) is 0 Å². The van der Waals surface area contributed by atoms with Crippen LogP contribution in [0.4, 0.5) is 4.79 Å². The van der Waals surface area contributed by atoms with E-state index in [0.29, 0.717) is 13.0 Å². The highest BCUT2D eigenvalue weighted by molar-refractivity contribution is 7.09. The van der Waals surface area contributed by atoms with Crippen LogP contribution in [0.3, 0.4) is 0 Å². The van der Waals surface area contributed by atoms with E-state index in [9.17, 15) is 9.59 Å². The van der Waals surface area contributed by atoms with Crippen LogP contribution < -0.4 is 5.32 Å². The molecule has 1 aliphatic heterocycles. The smallest absolute Gasteiger partial charge is 0.317 e. The second-order valence-electron chi connectivity index (χ2n) is 5.36. The number of carbonyl (C=O) groups is 2. The highest BCUT2D eigenvalue weighted by Crippen LogP contribution is 2.22. The Morgan fingerprint density at radius 2 is 2.38 bits per heavy atom. The van der Waals surface area contributed by atoms with Gasteiger partial charge in [0.15, 0.2) is 0 Å². The fourth-order valence-corrected chi connectivity index (χ4v) is 3.40. The number of nitrogens with one attached hydrogen (secondary N) is 1. The van der Waals surface area contributed by atoms with E-state index in [2.05, 4.69) is 10.3 Å². The van der Waals surface area contributed by atoms with Gasteiger partial charge in [-0.25, -0.2) is 9.78 Å². The number of thiazole rings is 1. The van der Waals surface area contributed by atoms with Crippen LogP contribution in [-0.4, -0.2) is 40.1 Å². The molecule has 1 aliphatic rings. The standard InChI is InChI=1S/C14H21N3O3S/c1-3-11(12-15-9(2)8-21-12)16-14(20)17-6-4-5-10(7-17)13(18)19/h8,10-11H,3-7H2,1-2H3,(H,16,20)(H,18,19). The highest BCUT2D eigenvalue weighted by Gasteiger charge is 2.29. The Bertz CT molecular complexity index is 517. The molecule has 21 heavy (non-hydrogen) atoms. The predicted molar refractivity (Wildman–Crippen MR) is 80.3 cm³/mol. The monoisotopic (exact) mass is 311 g/mol. The molecule has 0 aliphatic carbocycles. The normalized spacial score (nSPS) is 20.1. The minimum atomic E-state index is -0.824. The van der Waals surface area contributed by atoms with Crippen LogP contribution in [0.15, 0.2) is 5.38 Å². The summed E-state index contributed by atoms with van der Waals surface area (Å²) in [6.45, 7) is 4.83. The maximum atomic E-state index is 12.3. The number of carbonyl (C=O) groups excluding carboxylic acids is 1. The fourth-order valence-electron chi connectivity index (χ4n) is 2.47. The number of nitrogens with zero attached hydrogens (tertiary/aromatic N) is 2. The lowest BCUT2D eigenvalue weighted by atomic mass is 9.99. The maximum Gasteiger partial charge on any atom is 0.317 e. The van der Waals surface area contributed by atoms with Gasteiger partial charge in [0.2, 0.25) is 0 Å². The van der Waals surface area contributed by atoms with Crippen LogP contribution in [0, 0.1) is 12.8 Å². The molecule has 0 saturated carbocycles. The Balaban J connectivity index is 1.97. The number of aryl methyl sites for hydroxylation is 1. The van der Waals surface area contributed by atoms with Crippen molar-refractivity contribution in [3.8, 4) is 0 Å². The molecule has 1 saturated heterocycles. The zero-order valence-corrected chi connectivity index (χ0v) is 13.2. The van der Waals surface area contributed by atoms with Gasteiger partial charge in [-0.2, -0.15) is 0 Å². The Morgan fingerprint density at radius 3 is 2.95 bits per heavy atom. The van der Waals surface area contributed by atoms with Crippen molar-refractivity contribution >= 4 is 23.3 Å². The molecule has 0 bridgehead atoms. The van der Waals surface area contributed by atoms with Crippen molar-refractivity contribution in [2.45, 2.75) is 39.2 Å². The number of hydrogen-bond acceptors (Lipinski definition) is 4. The Hall–Kier alpha value is -1.63. The topological polar surface area (TPSA) is 82.5 Å². The lowest BCUT2D eigenvalue weighted by Gasteiger charge is -2.31. The maximum absolute atomic E-state index is 12.3. The van der Waals surface area contributed by atoms with E-state index in [-0.39, 0.29) is 18.6 Å². The number of urea groups is 1. The fraction of sp³-hybridized carbons (Fsp3) is 0.643. The molecule has 1 aromatic rings. The zero-order valence-electron chi connectivity index (χ0n) is 12.3. The summed E-state index contributed by atoms with van der Waals surface area (Å²) in [7, 11) is 0. The van der Waals surface area contributed by atoms with Crippen molar-refractivity contribution in [1.29, 1.82) is 0 Å². The molecule has 2 atom stereocenters. The van der Waals surface area contributed by atoms with Crippen molar-refractivity contribution in [3.63, 3.8) is 0 Å². The van der Waals surface area contributed by atoms with Gasteiger partial charge in [0.25, 0.3) is 0 Å². The van der Waals surface area contributed by atoms with Gasteiger partial charge in [-0.15, -0.1) is 11.3 Å². The molecule has 2 unspecified atom stereocenters. The van der Waals surface area contributed by atoms with Crippen LogP contribution >= 0.6 is 11.3 Å². The molecule has 116 valence electrons. The second kappa shape index (κ2) is 6.89. The third-order valence-electron chi connectivity index (χ3n) is 3.70. The van der Waals surface area contributed by atoms with E-state index >= 15 is 0 Å². The van der Waals surface area contributed by atoms with Crippen molar-refractivity contribution < 1.29 is 14.7 Å². The van der Waals surface area contributed by atoms with Gasteiger partial charge in [-0.05, 0) is 26.2 Å². The molecule has 7 heteroatoms. The predicted octanol–water partition coefficient (Wildman–Crippen LogP) is 2.41. The molecular weight excluding hydrogens is 290 g/mol. The van der Waals surface area contributed by atoms with Crippen molar-refractivity contribution in [3.05, 3.63) is 16.1 Å². The summed E-state index contributed by atoms with van der Waals surface area (Å²) < 4.78 is 0. The van der Waals surface area contributed by atoms with Crippen LogP contribution in [-0.2, 0) is 4.79 Å². The summed E-state index contributed by atoms with van der Waals surface area (Å²) in [5.41, 5.74) is 0.951. The summed E-state index contributed by atoms with van der Waals surface area (Å²) >= 11 is 1.54. The van der Waals surface area contributed by atoms with Gasteiger partial charge >= 0.3 is 12.0 Å². The first-order valence-corrected chi connectivity index (χ1v) is 8.09. The number of piperidine rings is 1. The lowest BCUT2D eigenvalue weighted by Crippen LogP contribution is -2.47. The third-order valence-corrected chi connectivity index (χ3v) is 4.77. The molecule has 0 radical (unpaired) electrons. The Morgan fingerprint density at radius 1 is 1.62 bits per heavy atom. The first-order valence-electron chi connectivity index (χ1n) is 7.21. The number of carboxylic acids is 1. The van der Waals surface area contributed by atoms with Gasteiger partial charge < -0.3 is 15.3 Å². The summed E-state index contributed by atoms with van der Waals surface area (Å²) in [6.07, 6.45) is 2.13. The summed E-state index contributed by atoms with van der Waals surface area (Å²) in [5.74, 6) is -1.28. The average Bonchev–Trinajstić information content (AvgIpc) is 2.91. The van der Waals surface area contributed by atoms with E-state index in [4.69, 9.17) is 5.11 Å². The number of amides is 2. The number of rotatable bonds is 4. The lowest BCUT2D eigenvalue weighted by molar-refractivity contribution is -0.143. The summed E-state index contributed by atoms with van der Waals surface area (Å²) in [4.78, 5) is 29.4. The number of carboxylic acid groups (broad SMARTS) is 1. The minimum Gasteiger partial charge on any atom is -0.481 e. The number of aromatic nitrogens is 1. The molecule has 1 fully saturated rings. The zero-order chi connectivity index (χ0) is 15.4. The number of aliphatic carboxylic acids is 1. The van der Waals surface area contributed by atoms with Gasteiger partial charge in [0.1, 0.15) is 5.01 Å². The minimum absolute atomic E-state index is 0.110. The first kappa shape index (κ1) is 15.8. The highest BCUT2D eigenvalue weighted by atomic mass is 32.1. The molecule has 0 aromatic carbocycles. The molecule has 2 rings (SSSR count). The Labute approximate surface area is 128 Å².